The molecule has 0 aliphatic rings. The highest BCUT2D eigenvalue weighted by atomic mass is 35.5. The van der Waals surface area contributed by atoms with E-state index in [1.807, 2.05) is 31.2 Å². The summed E-state index contributed by atoms with van der Waals surface area (Å²) in [5, 5.41) is 12.4. The average Bonchev–Trinajstić information content (AvgIpc) is 2.76. The fourth-order valence-electron chi connectivity index (χ4n) is 2.42. The fourth-order valence-corrected chi connectivity index (χ4v) is 2.55. The molecule has 0 saturated heterocycles. The van der Waals surface area contributed by atoms with Crippen molar-refractivity contribution in [3.05, 3.63) is 82.4 Å². The number of carbonyl (C=O) groups is 2. The molecule has 0 aliphatic heterocycles. The minimum absolute atomic E-state index is 0.271. The minimum atomic E-state index is -0.508. The van der Waals surface area contributed by atoms with Crippen LogP contribution in [0.2, 0.25) is 5.02 Å². The molecule has 0 unspecified atom stereocenters. The summed E-state index contributed by atoms with van der Waals surface area (Å²) in [5.41, 5.74) is 14.0. The molecule has 0 saturated carbocycles. The van der Waals surface area contributed by atoms with Crippen LogP contribution < -0.4 is 22.1 Å². The molecule has 0 spiro atoms. The number of hydrogen-bond donors (Lipinski definition) is 4. The highest BCUT2D eigenvalue weighted by molar-refractivity contribution is 6.30. The second-order valence-corrected chi connectivity index (χ2v) is 6.66. The molecule has 0 bridgehead atoms. The molecule has 0 radical (unpaired) electrons. The molecule has 0 aliphatic carbocycles. The Kier molecular flexibility index (Phi) is 9.00. The third kappa shape index (κ3) is 8.55. The van der Waals surface area contributed by atoms with E-state index in [1.54, 1.807) is 36.4 Å². The van der Waals surface area contributed by atoms with Gasteiger partial charge in [0.15, 0.2) is 0 Å². The number of carbonyl (C=O) groups excluding carboxylic acids is 2. The molecule has 31 heavy (non-hydrogen) atoms. The van der Waals surface area contributed by atoms with E-state index in [0.717, 1.165) is 23.1 Å². The molecule has 2 aromatic rings. The number of rotatable bonds is 6. The Labute approximate surface area is 185 Å². The lowest BCUT2D eigenvalue weighted by Gasteiger charge is -2.02. The van der Waals surface area contributed by atoms with Gasteiger partial charge in [-0.25, -0.2) is 0 Å². The molecule has 0 fully saturated rings. The topological polar surface area (TPSA) is 135 Å². The van der Waals surface area contributed by atoms with Crippen LogP contribution in [0.25, 0.3) is 12.2 Å². The van der Waals surface area contributed by atoms with Crippen LogP contribution in [0.3, 0.4) is 0 Å². The number of nitrogens with zero attached hydrogens (tertiary/aromatic N) is 2. The zero-order chi connectivity index (χ0) is 22.6. The molecule has 2 aromatic carbocycles. The molecular weight excluding hydrogens is 416 g/mol. The molecule has 0 aromatic heterocycles. The smallest absolute Gasteiger partial charge is 0.250 e. The Morgan fingerprint density at radius 1 is 0.903 bits per heavy atom. The van der Waals surface area contributed by atoms with Crippen molar-refractivity contribution >= 4 is 47.5 Å². The number of guanidine groups is 2. The van der Waals surface area contributed by atoms with Crippen LogP contribution in [-0.4, -0.2) is 23.7 Å². The van der Waals surface area contributed by atoms with Crippen molar-refractivity contribution < 1.29 is 9.59 Å². The van der Waals surface area contributed by atoms with Crippen molar-refractivity contribution in [2.45, 2.75) is 13.3 Å². The van der Waals surface area contributed by atoms with Crippen LogP contribution in [0.1, 0.15) is 23.6 Å². The maximum Gasteiger partial charge on any atom is 0.250 e. The summed E-state index contributed by atoms with van der Waals surface area (Å²) in [4.78, 5) is 23.8. The predicted octanol–water partition coefficient (Wildman–Crippen LogP) is 2.41. The number of amides is 2. The minimum Gasteiger partial charge on any atom is -0.368 e. The second-order valence-electron chi connectivity index (χ2n) is 6.22. The molecule has 0 atom stereocenters. The van der Waals surface area contributed by atoms with Gasteiger partial charge in [-0.3, -0.25) is 20.2 Å². The molecule has 2 rings (SSSR count). The normalized spacial score (nSPS) is 12.3. The molecule has 2 amide bonds. The number of halogens is 1. The number of aryl methyl sites for hydroxylation is 1. The first kappa shape index (κ1) is 23.4. The van der Waals surface area contributed by atoms with E-state index in [1.165, 1.54) is 12.2 Å². The molecular formula is C22H23ClN6O2. The summed E-state index contributed by atoms with van der Waals surface area (Å²) in [6.45, 7) is 2.03. The van der Waals surface area contributed by atoms with Gasteiger partial charge in [0.05, 0.1) is 0 Å². The van der Waals surface area contributed by atoms with Gasteiger partial charge in [-0.2, -0.15) is 0 Å². The number of benzene rings is 2. The van der Waals surface area contributed by atoms with Gasteiger partial charge in [-0.1, -0.05) is 54.9 Å². The van der Waals surface area contributed by atoms with Crippen molar-refractivity contribution in [3.63, 3.8) is 0 Å². The van der Waals surface area contributed by atoms with Gasteiger partial charge >= 0.3 is 0 Å². The summed E-state index contributed by atoms with van der Waals surface area (Å²) >= 11 is 5.80. The maximum absolute atomic E-state index is 12.0. The molecule has 6 N–H and O–H groups in total. The third-order valence-corrected chi connectivity index (χ3v) is 4.17. The van der Waals surface area contributed by atoms with Crippen molar-refractivity contribution in [1.82, 2.24) is 10.6 Å². The first-order chi connectivity index (χ1) is 14.9. The van der Waals surface area contributed by atoms with E-state index in [0.29, 0.717) is 5.02 Å². The first-order valence-corrected chi connectivity index (χ1v) is 9.73. The lowest BCUT2D eigenvalue weighted by molar-refractivity contribution is -0.116. The SMILES string of the molecule is CCc1ccccc1C=CC(=O)NC(N)=NN=C(N)NC(=O)C=Cc1ccc(Cl)cc1. The summed E-state index contributed by atoms with van der Waals surface area (Å²) in [6.07, 6.45) is 6.74. The standard InChI is InChI=1S/C22H23ClN6O2/c1-2-16-5-3-4-6-17(16)10-14-20(31)27-22(25)29-28-21(24)26-19(30)13-9-15-7-11-18(23)12-8-15/h3-14H,2H2,1H3,(H3,24,26,28,30)(H3,25,27,29,31). The highest BCUT2D eigenvalue weighted by Gasteiger charge is 2.02. The van der Waals surface area contributed by atoms with Crippen molar-refractivity contribution in [3.8, 4) is 0 Å². The van der Waals surface area contributed by atoms with Crippen LogP contribution >= 0.6 is 11.6 Å². The van der Waals surface area contributed by atoms with Gasteiger partial charge in [0.1, 0.15) is 0 Å². The van der Waals surface area contributed by atoms with Gasteiger partial charge in [-0.05, 0) is 47.4 Å². The van der Waals surface area contributed by atoms with E-state index >= 15 is 0 Å². The maximum atomic E-state index is 12.0. The Bertz CT molecular complexity index is 1040. The Balaban J connectivity index is 1.87. The second kappa shape index (κ2) is 11.9. The van der Waals surface area contributed by atoms with E-state index in [4.69, 9.17) is 23.1 Å². The Hall–Kier alpha value is -3.91. The van der Waals surface area contributed by atoms with Crippen molar-refractivity contribution in [2.75, 3.05) is 0 Å². The third-order valence-electron chi connectivity index (χ3n) is 3.92. The predicted molar refractivity (Wildman–Crippen MR) is 125 cm³/mol. The number of nitrogens with one attached hydrogen (secondary N) is 2. The number of hydrogen-bond acceptors (Lipinski definition) is 4. The monoisotopic (exact) mass is 438 g/mol. The van der Waals surface area contributed by atoms with Gasteiger partial charge < -0.3 is 11.5 Å². The lowest BCUT2D eigenvalue weighted by atomic mass is 10.1. The van der Waals surface area contributed by atoms with Crippen LogP contribution in [0.4, 0.5) is 0 Å². The van der Waals surface area contributed by atoms with Crippen LogP contribution in [-0.2, 0) is 16.0 Å². The summed E-state index contributed by atoms with van der Waals surface area (Å²) in [6, 6.07) is 14.7. The van der Waals surface area contributed by atoms with E-state index in [-0.39, 0.29) is 11.9 Å². The van der Waals surface area contributed by atoms with Crippen molar-refractivity contribution in [2.24, 2.45) is 21.7 Å². The van der Waals surface area contributed by atoms with E-state index in [9.17, 15) is 9.59 Å². The average molecular weight is 439 g/mol. The summed E-state index contributed by atoms with van der Waals surface area (Å²) in [7, 11) is 0. The molecule has 8 nitrogen and oxygen atoms in total. The molecule has 160 valence electrons. The summed E-state index contributed by atoms with van der Waals surface area (Å²) < 4.78 is 0. The lowest BCUT2D eigenvalue weighted by Crippen LogP contribution is -2.37. The fraction of sp³-hybridized carbons (Fsp3) is 0.0909. The largest absolute Gasteiger partial charge is 0.368 e. The van der Waals surface area contributed by atoms with Crippen LogP contribution in [0.15, 0.2) is 70.9 Å². The van der Waals surface area contributed by atoms with Gasteiger partial charge in [0.2, 0.25) is 11.9 Å². The van der Waals surface area contributed by atoms with Crippen molar-refractivity contribution in [1.29, 1.82) is 0 Å². The van der Waals surface area contributed by atoms with E-state index in [2.05, 4.69) is 20.8 Å². The Morgan fingerprint density at radius 2 is 1.45 bits per heavy atom. The first-order valence-electron chi connectivity index (χ1n) is 9.35. The van der Waals surface area contributed by atoms with Gasteiger partial charge in [-0.15, -0.1) is 10.2 Å². The molecule has 9 heteroatoms. The quantitative estimate of drug-likeness (QED) is 0.238. The number of nitrogens with two attached hydrogens (primary N) is 2. The Morgan fingerprint density at radius 3 is 2.03 bits per heavy atom. The zero-order valence-corrected chi connectivity index (χ0v) is 17.6. The van der Waals surface area contributed by atoms with Gasteiger partial charge in [0, 0.05) is 17.2 Å². The molecule has 0 heterocycles. The zero-order valence-electron chi connectivity index (χ0n) is 16.9. The van der Waals surface area contributed by atoms with Gasteiger partial charge in [0.25, 0.3) is 11.8 Å². The van der Waals surface area contributed by atoms with Crippen LogP contribution in [0, 0.1) is 0 Å². The highest BCUT2D eigenvalue weighted by Crippen LogP contribution is 2.11. The van der Waals surface area contributed by atoms with Crippen LogP contribution in [0.5, 0.6) is 0 Å². The van der Waals surface area contributed by atoms with E-state index < -0.39 is 11.8 Å². The summed E-state index contributed by atoms with van der Waals surface area (Å²) in [5.74, 6) is -1.54.